The average molecular weight is 420 g/mol. The fourth-order valence-electron chi connectivity index (χ4n) is 2.80. The van der Waals surface area contributed by atoms with Gasteiger partial charge in [-0.3, -0.25) is 9.59 Å². The smallest absolute Gasteiger partial charge is 0.306 e. The van der Waals surface area contributed by atoms with Crippen LogP contribution < -0.4 is 5.32 Å². The van der Waals surface area contributed by atoms with Crippen LogP contribution in [0.25, 0.3) is 10.9 Å². The van der Waals surface area contributed by atoms with E-state index >= 15 is 0 Å². The fourth-order valence-corrected chi connectivity index (χ4v) is 3.22. The number of pyridine rings is 1. The van der Waals surface area contributed by atoms with Crippen LogP contribution in [0.15, 0.2) is 42.7 Å². The third-order valence-corrected chi connectivity index (χ3v) is 4.72. The molecule has 0 bridgehead atoms. The van der Waals surface area contributed by atoms with Gasteiger partial charge < -0.3 is 15.0 Å². The molecule has 1 aromatic carbocycles. The number of halogens is 2. The minimum atomic E-state index is -0.964. The van der Waals surface area contributed by atoms with E-state index in [1.54, 1.807) is 0 Å². The molecule has 28 heavy (non-hydrogen) atoms. The monoisotopic (exact) mass is 419 g/mol. The quantitative estimate of drug-likeness (QED) is 0.540. The van der Waals surface area contributed by atoms with E-state index in [0.717, 1.165) is 22.9 Å². The maximum absolute atomic E-state index is 12.2. The number of anilines is 1. The van der Waals surface area contributed by atoms with Crippen molar-refractivity contribution in [3.8, 4) is 0 Å². The molecule has 6 nitrogen and oxygen atoms in total. The Balaban J connectivity index is 1.46. The van der Waals surface area contributed by atoms with Crippen LogP contribution in [0.2, 0.25) is 10.0 Å². The van der Waals surface area contributed by atoms with Gasteiger partial charge in [-0.05, 0) is 37.5 Å². The molecule has 0 aliphatic heterocycles. The Labute approximate surface area is 172 Å². The van der Waals surface area contributed by atoms with Crippen LogP contribution in [0.5, 0.6) is 0 Å². The zero-order valence-corrected chi connectivity index (χ0v) is 16.7. The molecule has 0 fully saturated rings. The van der Waals surface area contributed by atoms with Gasteiger partial charge in [-0.1, -0.05) is 41.4 Å². The summed E-state index contributed by atoms with van der Waals surface area (Å²) in [7, 11) is 0. The number of rotatable bonds is 7. The van der Waals surface area contributed by atoms with Crippen LogP contribution in [-0.4, -0.2) is 27.9 Å². The first kappa shape index (κ1) is 20.2. The Morgan fingerprint density at radius 1 is 1.29 bits per heavy atom. The predicted molar refractivity (Wildman–Crippen MR) is 110 cm³/mol. The molecule has 146 valence electrons. The highest BCUT2D eigenvalue weighted by molar-refractivity contribution is 6.36. The number of aromatic nitrogens is 2. The molecule has 0 saturated carbocycles. The molecule has 2 N–H and O–H groups in total. The number of ether oxygens (including phenoxy) is 1. The van der Waals surface area contributed by atoms with Crippen molar-refractivity contribution >= 4 is 51.8 Å². The van der Waals surface area contributed by atoms with E-state index in [1.165, 1.54) is 19.2 Å². The standard InChI is InChI=1S/C20H19Cl2N3O3/c1-12(20(27)25-19-16(22)9-14(21)11-24-19)28-18(26)8-4-5-13-10-23-17-7-3-2-6-15(13)17/h2-3,6-7,9-12,23H,4-5,8H2,1H3,(H,24,25,27). The highest BCUT2D eigenvalue weighted by Crippen LogP contribution is 2.23. The number of carbonyl (C=O) groups excluding carboxylic acids is 2. The first-order valence-corrected chi connectivity index (χ1v) is 9.56. The van der Waals surface area contributed by atoms with Gasteiger partial charge in [0.15, 0.2) is 11.9 Å². The molecule has 0 spiro atoms. The highest BCUT2D eigenvalue weighted by Gasteiger charge is 2.19. The number of amides is 1. The highest BCUT2D eigenvalue weighted by atomic mass is 35.5. The molecule has 0 aliphatic carbocycles. The molecule has 3 aromatic rings. The van der Waals surface area contributed by atoms with Crippen LogP contribution in [0.1, 0.15) is 25.3 Å². The molecule has 0 radical (unpaired) electrons. The summed E-state index contributed by atoms with van der Waals surface area (Å²) < 4.78 is 5.20. The van der Waals surface area contributed by atoms with Crippen molar-refractivity contribution in [2.75, 3.05) is 5.32 Å². The summed E-state index contributed by atoms with van der Waals surface area (Å²) in [5.74, 6) is -0.780. The number of H-pyrrole nitrogens is 1. The number of esters is 1. The molecule has 1 unspecified atom stereocenters. The summed E-state index contributed by atoms with van der Waals surface area (Å²) in [5, 5.41) is 4.23. The normalized spacial score (nSPS) is 12.0. The molecule has 1 amide bonds. The van der Waals surface area contributed by atoms with Gasteiger partial charge in [-0.25, -0.2) is 4.98 Å². The van der Waals surface area contributed by atoms with Gasteiger partial charge in [0.05, 0.1) is 10.0 Å². The largest absolute Gasteiger partial charge is 0.453 e. The van der Waals surface area contributed by atoms with Crippen LogP contribution in [-0.2, 0) is 20.7 Å². The molecular weight excluding hydrogens is 401 g/mol. The van der Waals surface area contributed by atoms with E-state index in [4.69, 9.17) is 27.9 Å². The lowest BCUT2D eigenvalue weighted by Crippen LogP contribution is -2.30. The number of hydrogen-bond donors (Lipinski definition) is 2. The molecular formula is C20H19Cl2N3O3. The van der Waals surface area contributed by atoms with E-state index in [2.05, 4.69) is 15.3 Å². The van der Waals surface area contributed by atoms with Crippen molar-refractivity contribution in [3.05, 3.63) is 58.3 Å². The van der Waals surface area contributed by atoms with Gasteiger partial charge in [0.2, 0.25) is 0 Å². The lowest BCUT2D eigenvalue weighted by molar-refractivity contribution is -0.153. The Morgan fingerprint density at radius 2 is 2.07 bits per heavy atom. The van der Waals surface area contributed by atoms with Gasteiger partial charge in [0, 0.05) is 29.7 Å². The maximum atomic E-state index is 12.2. The summed E-state index contributed by atoms with van der Waals surface area (Å²) in [6.07, 6.45) is 3.94. The third kappa shape index (κ3) is 5.03. The molecule has 1 atom stereocenters. The number of aromatic amines is 1. The predicted octanol–water partition coefficient (Wildman–Crippen LogP) is 4.76. The zero-order valence-electron chi connectivity index (χ0n) is 15.2. The Morgan fingerprint density at radius 3 is 2.86 bits per heavy atom. The second-order valence-electron chi connectivity index (χ2n) is 6.32. The minimum absolute atomic E-state index is 0.165. The zero-order chi connectivity index (χ0) is 20.1. The Hall–Kier alpha value is -2.57. The first-order valence-electron chi connectivity index (χ1n) is 8.80. The van der Waals surface area contributed by atoms with Gasteiger partial charge in [-0.2, -0.15) is 0 Å². The summed E-state index contributed by atoms with van der Waals surface area (Å²) in [6.45, 7) is 1.50. The fraction of sp³-hybridized carbons (Fsp3) is 0.250. The Bertz CT molecular complexity index is 1000. The van der Waals surface area contributed by atoms with Crippen molar-refractivity contribution in [1.29, 1.82) is 0 Å². The van der Waals surface area contributed by atoms with Crippen LogP contribution in [0, 0.1) is 0 Å². The van der Waals surface area contributed by atoms with Crippen molar-refractivity contribution in [3.63, 3.8) is 0 Å². The van der Waals surface area contributed by atoms with E-state index < -0.39 is 18.0 Å². The van der Waals surface area contributed by atoms with Crippen molar-refractivity contribution < 1.29 is 14.3 Å². The third-order valence-electron chi connectivity index (χ3n) is 4.23. The number of carbonyl (C=O) groups is 2. The second-order valence-corrected chi connectivity index (χ2v) is 7.16. The average Bonchev–Trinajstić information content (AvgIpc) is 3.07. The number of fused-ring (bicyclic) bond motifs is 1. The molecule has 0 aliphatic rings. The van der Waals surface area contributed by atoms with E-state index in [1.807, 2.05) is 30.5 Å². The van der Waals surface area contributed by atoms with Gasteiger partial charge in [0.1, 0.15) is 0 Å². The van der Waals surface area contributed by atoms with E-state index in [9.17, 15) is 9.59 Å². The van der Waals surface area contributed by atoms with Crippen LogP contribution >= 0.6 is 23.2 Å². The van der Waals surface area contributed by atoms with Crippen LogP contribution in [0.4, 0.5) is 5.82 Å². The summed E-state index contributed by atoms with van der Waals surface area (Å²) in [6, 6.07) is 9.47. The van der Waals surface area contributed by atoms with Gasteiger partial charge in [0.25, 0.3) is 5.91 Å². The number of nitrogens with one attached hydrogen (secondary N) is 2. The molecule has 8 heteroatoms. The first-order chi connectivity index (χ1) is 13.4. The van der Waals surface area contributed by atoms with E-state index in [-0.39, 0.29) is 17.3 Å². The number of aryl methyl sites for hydroxylation is 1. The van der Waals surface area contributed by atoms with Crippen molar-refractivity contribution in [2.24, 2.45) is 0 Å². The molecule has 3 rings (SSSR count). The number of benzene rings is 1. The number of para-hydroxylation sites is 1. The summed E-state index contributed by atoms with van der Waals surface area (Å²) >= 11 is 11.7. The van der Waals surface area contributed by atoms with Gasteiger partial charge in [-0.15, -0.1) is 0 Å². The van der Waals surface area contributed by atoms with E-state index in [0.29, 0.717) is 11.4 Å². The van der Waals surface area contributed by atoms with Crippen LogP contribution in [0.3, 0.4) is 0 Å². The van der Waals surface area contributed by atoms with Gasteiger partial charge >= 0.3 is 5.97 Å². The minimum Gasteiger partial charge on any atom is -0.453 e. The number of nitrogens with zero attached hydrogens (tertiary/aromatic N) is 1. The number of hydrogen-bond acceptors (Lipinski definition) is 4. The molecule has 2 heterocycles. The summed E-state index contributed by atoms with van der Waals surface area (Å²) in [5.41, 5.74) is 2.22. The topological polar surface area (TPSA) is 84.1 Å². The molecule has 2 aromatic heterocycles. The lowest BCUT2D eigenvalue weighted by Gasteiger charge is -2.13. The maximum Gasteiger partial charge on any atom is 0.306 e. The molecule has 0 saturated heterocycles. The van der Waals surface area contributed by atoms with Crippen molar-refractivity contribution in [2.45, 2.75) is 32.3 Å². The SMILES string of the molecule is CC(OC(=O)CCCc1c[nH]c2ccccc12)C(=O)Nc1ncc(Cl)cc1Cl. The lowest BCUT2D eigenvalue weighted by atomic mass is 10.1. The second kappa shape index (κ2) is 9.08. The Kier molecular flexibility index (Phi) is 6.54. The summed E-state index contributed by atoms with van der Waals surface area (Å²) in [4.78, 5) is 31.4. The van der Waals surface area contributed by atoms with Crippen molar-refractivity contribution in [1.82, 2.24) is 9.97 Å².